The summed E-state index contributed by atoms with van der Waals surface area (Å²) in [6, 6.07) is 4.09. The largest absolute Gasteiger partial charge is 0.351 e. The summed E-state index contributed by atoms with van der Waals surface area (Å²) in [6.07, 6.45) is 7.43. The number of terminal acetylenes is 1. The molecule has 5 nitrogen and oxygen atoms in total. The fraction of sp³-hybridized carbons (Fsp3) is 0.176. The minimum absolute atomic E-state index is 0.0513. The Labute approximate surface area is 137 Å². The Morgan fingerprint density at radius 1 is 1.25 bits per heavy atom. The molecule has 7 heteroatoms. The highest BCUT2D eigenvalue weighted by Gasteiger charge is 2.24. The molecule has 0 spiro atoms. The number of pyridine rings is 1. The number of rotatable bonds is 4. The molecule has 1 aliphatic rings. The van der Waals surface area contributed by atoms with Crippen LogP contribution in [0, 0.1) is 24.0 Å². The lowest BCUT2D eigenvalue weighted by molar-refractivity contribution is 0.0920. The number of nitrogens with zero attached hydrogens (tertiary/aromatic N) is 1. The van der Waals surface area contributed by atoms with Crippen molar-refractivity contribution in [3.8, 4) is 12.3 Å². The summed E-state index contributed by atoms with van der Waals surface area (Å²) >= 11 is 0. The van der Waals surface area contributed by atoms with Crippen molar-refractivity contribution >= 4 is 17.3 Å². The van der Waals surface area contributed by atoms with Crippen LogP contribution in [0.15, 0.2) is 30.6 Å². The van der Waals surface area contributed by atoms with Gasteiger partial charge in [-0.3, -0.25) is 9.78 Å². The SMILES string of the molecule is C#Cc1ccc(Nc2cncc(F)c2C(=O)NC2CNC2)c(F)c1. The number of benzene rings is 1. The lowest BCUT2D eigenvalue weighted by Crippen LogP contribution is -2.57. The molecule has 1 aliphatic heterocycles. The summed E-state index contributed by atoms with van der Waals surface area (Å²) in [4.78, 5) is 16.0. The highest BCUT2D eigenvalue weighted by Crippen LogP contribution is 2.25. The molecule has 122 valence electrons. The molecule has 1 aromatic carbocycles. The average molecular weight is 328 g/mol. The van der Waals surface area contributed by atoms with Crippen LogP contribution in [0.1, 0.15) is 15.9 Å². The first-order valence-electron chi connectivity index (χ1n) is 7.26. The van der Waals surface area contributed by atoms with Gasteiger partial charge in [0.15, 0.2) is 5.82 Å². The van der Waals surface area contributed by atoms with Crippen molar-refractivity contribution in [2.75, 3.05) is 18.4 Å². The van der Waals surface area contributed by atoms with Crippen molar-refractivity contribution in [2.24, 2.45) is 0 Å². The van der Waals surface area contributed by atoms with E-state index in [1.807, 2.05) is 0 Å². The number of carbonyl (C=O) groups is 1. The van der Waals surface area contributed by atoms with E-state index in [1.165, 1.54) is 24.4 Å². The third-order valence-corrected chi connectivity index (χ3v) is 3.65. The second-order valence-corrected chi connectivity index (χ2v) is 5.34. The molecule has 2 heterocycles. The van der Waals surface area contributed by atoms with Gasteiger partial charge in [0.05, 0.1) is 29.8 Å². The van der Waals surface area contributed by atoms with Crippen molar-refractivity contribution in [3.63, 3.8) is 0 Å². The van der Waals surface area contributed by atoms with Gasteiger partial charge in [-0.1, -0.05) is 5.92 Å². The van der Waals surface area contributed by atoms with Gasteiger partial charge in [0.1, 0.15) is 11.4 Å². The van der Waals surface area contributed by atoms with Crippen LogP contribution < -0.4 is 16.0 Å². The van der Waals surface area contributed by atoms with Crippen LogP contribution in [0.5, 0.6) is 0 Å². The van der Waals surface area contributed by atoms with Crippen LogP contribution >= 0.6 is 0 Å². The maximum absolute atomic E-state index is 14.1. The summed E-state index contributed by atoms with van der Waals surface area (Å²) in [5, 5.41) is 8.41. The maximum Gasteiger partial charge on any atom is 0.256 e. The van der Waals surface area contributed by atoms with Gasteiger partial charge in [-0.05, 0) is 18.2 Å². The predicted molar refractivity (Wildman–Crippen MR) is 85.9 cm³/mol. The summed E-state index contributed by atoms with van der Waals surface area (Å²) in [6.45, 7) is 1.26. The van der Waals surface area contributed by atoms with Gasteiger partial charge in [-0.25, -0.2) is 8.78 Å². The molecule has 1 aromatic heterocycles. The average Bonchev–Trinajstić information content (AvgIpc) is 2.52. The molecule has 3 N–H and O–H groups in total. The van der Waals surface area contributed by atoms with E-state index in [1.54, 1.807) is 0 Å². The Balaban J connectivity index is 1.89. The zero-order valence-corrected chi connectivity index (χ0v) is 12.6. The summed E-state index contributed by atoms with van der Waals surface area (Å²) in [7, 11) is 0. The number of hydrogen-bond acceptors (Lipinski definition) is 4. The van der Waals surface area contributed by atoms with Crippen LogP contribution in [-0.4, -0.2) is 30.0 Å². The van der Waals surface area contributed by atoms with Crippen molar-refractivity contribution in [2.45, 2.75) is 6.04 Å². The standard InChI is InChI=1S/C17H14F2N4O/c1-2-10-3-4-14(12(18)5-10)23-15-9-21-8-13(19)16(15)17(24)22-11-6-20-7-11/h1,3-5,8-9,11,20,23H,6-7H2,(H,22,24). The fourth-order valence-corrected chi connectivity index (χ4v) is 2.26. The van der Waals surface area contributed by atoms with E-state index < -0.39 is 17.5 Å². The smallest absolute Gasteiger partial charge is 0.256 e. The summed E-state index contributed by atoms with van der Waals surface area (Å²) in [5.41, 5.74) is 0.316. The van der Waals surface area contributed by atoms with Gasteiger partial charge in [-0.2, -0.15) is 0 Å². The lowest BCUT2D eigenvalue weighted by Gasteiger charge is -2.28. The maximum atomic E-state index is 14.1. The molecule has 0 aliphatic carbocycles. The minimum Gasteiger partial charge on any atom is -0.351 e. The Morgan fingerprint density at radius 3 is 2.67 bits per heavy atom. The normalized spacial score (nSPS) is 13.7. The molecule has 0 radical (unpaired) electrons. The fourth-order valence-electron chi connectivity index (χ4n) is 2.26. The highest BCUT2D eigenvalue weighted by molar-refractivity contribution is 6.00. The van der Waals surface area contributed by atoms with E-state index in [2.05, 4.69) is 26.9 Å². The monoisotopic (exact) mass is 328 g/mol. The van der Waals surface area contributed by atoms with E-state index in [0.29, 0.717) is 18.7 Å². The number of carbonyl (C=O) groups excluding carboxylic acids is 1. The van der Waals surface area contributed by atoms with Gasteiger partial charge in [0.25, 0.3) is 5.91 Å². The third kappa shape index (κ3) is 3.19. The van der Waals surface area contributed by atoms with Crippen molar-refractivity contribution in [1.29, 1.82) is 0 Å². The minimum atomic E-state index is -0.787. The molecule has 0 bridgehead atoms. The number of hydrogen-bond donors (Lipinski definition) is 3. The van der Waals surface area contributed by atoms with E-state index >= 15 is 0 Å². The molecule has 24 heavy (non-hydrogen) atoms. The molecule has 1 amide bonds. The first kappa shape index (κ1) is 15.9. The Bertz CT molecular complexity index is 828. The Kier molecular flexibility index (Phi) is 4.40. The molecule has 0 unspecified atom stereocenters. The highest BCUT2D eigenvalue weighted by atomic mass is 19.1. The Morgan fingerprint density at radius 2 is 2.04 bits per heavy atom. The third-order valence-electron chi connectivity index (χ3n) is 3.65. The quantitative estimate of drug-likeness (QED) is 0.749. The Hall–Kier alpha value is -2.98. The second-order valence-electron chi connectivity index (χ2n) is 5.34. The number of anilines is 2. The first-order chi connectivity index (χ1) is 11.6. The summed E-state index contributed by atoms with van der Waals surface area (Å²) < 4.78 is 28.1. The molecule has 2 aromatic rings. The zero-order chi connectivity index (χ0) is 17.1. The zero-order valence-electron chi connectivity index (χ0n) is 12.6. The summed E-state index contributed by atoms with van der Waals surface area (Å²) in [5.74, 6) is 0.349. The molecular weight excluding hydrogens is 314 g/mol. The van der Waals surface area contributed by atoms with E-state index in [9.17, 15) is 13.6 Å². The lowest BCUT2D eigenvalue weighted by atomic mass is 10.1. The molecule has 1 fully saturated rings. The van der Waals surface area contributed by atoms with E-state index in [0.717, 1.165) is 6.20 Å². The van der Waals surface area contributed by atoms with Crippen molar-refractivity contribution in [3.05, 3.63) is 53.4 Å². The number of aromatic nitrogens is 1. The molecule has 0 atom stereocenters. The van der Waals surface area contributed by atoms with Crippen LogP contribution in [0.3, 0.4) is 0 Å². The number of halogens is 2. The second kappa shape index (κ2) is 6.64. The van der Waals surface area contributed by atoms with Crippen LogP contribution in [0.2, 0.25) is 0 Å². The van der Waals surface area contributed by atoms with Crippen molar-refractivity contribution in [1.82, 2.24) is 15.6 Å². The number of amides is 1. The first-order valence-corrected chi connectivity index (χ1v) is 7.26. The molecular formula is C17H14F2N4O. The van der Waals surface area contributed by atoms with Gasteiger partial charge >= 0.3 is 0 Å². The van der Waals surface area contributed by atoms with Gasteiger partial charge in [0.2, 0.25) is 0 Å². The van der Waals surface area contributed by atoms with Crippen LogP contribution in [-0.2, 0) is 0 Å². The van der Waals surface area contributed by atoms with Gasteiger partial charge in [0, 0.05) is 18.7 Å². The van der Waals surface area contributed by atoms with Crippen molar-refractivity contribution < 1.29 is 13.6 Å². The molecule has 3 rings (SSSR count). The molecule has 0 saturated carbocycles. The van der Waals surface area contributed by atoms with Gasteiger partial charge < -0.3 is 16.0 Å². The number of nitrogens with one attached hydrogen (secondary N) is 3. The predicted octanol–water partition coefficient (Wildman–Crippen LogP) is 1.79. The van der Waals surface area contributed by atoms with Crippen LogP contribution in [0.4, 0.5) is 20.2 Å². The van der Waals surface area contributed by atoms with E-state index in [-0.39, 0.29) is 23.0 Å². The topological polar surface area (TPSA) is 66.0 Å². The van der Waals surface area contributed by atoms with E-state index in [4.69, 9.17) is 6.42 Å². The van der Waals surface area contributed by atoms with Crippen LogP contribution in [0.25, 0.3) is 0 Å². The van der Waals surface area contributed by atoms with Gasteiger partial charge in [-0.15, -0.1) is 6.42 Å². The molecule has 1 saturated heterocycles.